The summed E-state index contributed by atoms with van der Waals surface area (Å²) >= 11 is 1.34. The Morgan fingerprint density at radius 2 is 2.11 bits per heavy atom. The minimum absolute atomic E-state index is 0.646. The van der Waals surface area contributed by atoms with Gasteiger partial charge < -0.3 is 9.47 Å². The van der Waals surface area contributed by atoms with Gasteiger partial charge in [0.1, 0.15) is 16.7 Å². The molecule has 3 nitrogen and oxygen atoms in total. The Balaban J connectivity index is 2.17. The van der Waals surface area contributed by atoms with Crippen molar-refractivity contribution < 1.29 is 9.47 Å². The number of rotatable bonds is 4. The van der Waals surface area contributed by atoms with Gasteiger partial charge in [0, 0.05) is 0 Å². The minimum Gasteiger partial charge on any atom is -0.504 e. The third kappa shape index (κ3) is 3.36. The molecule has 1 aromatic carbocycles. The first-order valence-corrected chi connectivity index (χ1v) is 6.52. The summed E-state index contributed by atoms with van der Waals surface area (Å²) in [5.41, 5.74) is 2.08. The van der Waals surface area contributed by atoms with Crippen LogP contribution in [-0.4, -0.2) is 7.11 Å². The van der Waals surface area contributed by atoms with Gasteiger partial charge in [0.25, 0.3) is 0 Å². The van der Waals surface area contributed by atoms with Crippen LogP contribution in [0.25, 0.3) is 6.08 Å². The number of benzene rings is 1. The molecule has 4 heteroatoms. The molecule has 0 radical (unpaired) electrons. The second kappa shape index (κ2) is 6.07. The van der Waals surface area contributed by atoms with Gasteiger partial charge in [-0.1, -0.05) is 17.4 Å². The van der Waals surface area contributed by atoms with Gasteiger partial charge in [0.05, 0.1) is 13.4 Å². The molecule has 0 bridgehead atoms. The molecule has 1 heterocycles. The smallest absolute Gasteiger partial charge is 0.182 e. The third-order valence-electron chi connectivity index (χ3n) is 2.50. The molecule has 0 atom stereocenters. The van der Waals surface area contributed by atoms with Gasteiger partial charge in [-0.15, -0.1) is 0 Å². The molecule has 0 amide bonds. The molecular weight excluding hydrogens is 258 g/mol. The summed E-state index contributed by atoms with van der Waals surface area (Å²) in [6, 6.07) is 11.5. The molecule has 0 fully saturated rings. The van der Waals surface area contributed by atoms with Crippen molar-refractivity contribution in [2.24, 2.45) is 0 Å². The molecule has 0 aliphatic carbocycles. The van der Waals surface area contributed by atoms with Crippen LogP contribution in [0.3, 0.4) is 0 Å². The van der Waals surface area contributed by atoms with Gasteiger partial charge in [-0.25, -0.2) is 0 Å². The van der Waals surface area contributed by atoms with E-state index in [2.05, 4.69) is 6.07 Å². The van der Waals surface area contributed by atoms with Crippen molar-refractivity contribution in [3.8, 4) is 16.9 Å². The van der Waals surface area contributed by atoms with Crippen LogP contribution in [0.1, 0.15) is 16.0 Å². The standard InChI is InChI=1S/C15H13NO2S/c1-11-9-12(7-8-17-2)3-5-14(11)18-15-6-4-13(10-16)19-15/h3-9H,1-2H3. The van der Waals surface area contributed by atoms with Gasteiger partial charge in [-0.05, 0) is 48.4 Å². The Hall–Kier alpha value is -2.25. The monoisotopic (exact) mass is 271 g/mol. The lowest BCUT2D eigenvalue weighted by atomic mass is 10.1. The normalized spacial score (nSPS) is 10.4. The van der Waals surface area contributed by atoms with E-state index >= 15 is 0 Å². The maximum atomic E-state index is 8.78. The highest BCUT2D eigenvalue weighted by Gasteiger charge is 2.05. The van der Waals surface area contributed by atoms with Crippen LogP contribution in [-0.2, 0) is 4.74 Å². The highest BCUT2D eigenvalue weighted by atomic mass is 32.1. The van der Waals surface area contributed by atoms with Crippen molar-refractivity contribution in [3.63, 3.8) is 0 Å². The summed E-state index contributed by atoms with van der Waals surface area (Å²) in [6.07, 6.45) is 3.52. The van der Waals surface area contributed by atoms with Crippen molar-refractivity contribution in [2.75, 3.05) is 7.11 Å². The van der Waals surface area contributed by atoms with E-state index in [9.17, 15) is 0 Å². The highest BCUT2D eigenvalue weighted by molar-refractivity contribution is 7.14. The highest BCUT2D eigenvalue weighted by Crippen LogP contribution is 2.31. The van der Waals surface area contributed by atoms with Crippen LogP contribution in [0.5, 0.6) is 10.8 Å². The summed E-state index contributed by atoms with van der Waals surface area (Å²) in [5.74, 6) is 0.793. The van der Waals surface area contributed by atoms with E-state index in [1.165, 1.54) is 11.3 Å². The van der Waals surface area contributed by atoms with Gasteiger partial charge in [0.15, 0.2) is 5.06 Å². The van der Waals surface area contributed by atoms with E-state index in [4.69, 9.17) is 14.7 Å². The van der Waals surface area contributed by atoms with Crippen LogP contribution >= 0.6 is 11.3 Å². The molecule has 0 aliphatic rings. The van der Waals surface area contributed by atoms with E-state index in [0.29, 0.717) is 4.88 Å². The van der Waals surface area contributed by atoms with Gasteiger partial charge in [-0.3, -0.25) is 0 Å². The number of nitrogens with zero attached hydrogens (tertiary/aromatic N) is 1. The molecule has 96 valence electrons. The number of nitriles is 1. The number of thiophene rings is 1. The fourth-order valence-electron chi connectivity index (χ4n) is 1.58. The molecular formula is C15H13NO2S. The molecule has 0 N–H and O–H groups in total. The van der Waals surface area contributed by atoms with E-state index in [-0.39, 0.29) is 0 Å². The number of aryl methyl sites for hydroxylation is 1. The van der Waals surface area contributed by atoms with E-state index in [1.807, 2.05) is 31.2 Å². The molecule has 0 saturated carbocycles. The lowest BCUT2D eigenvalue weighted by Gasteiger charge is -2.07. The maximum Gasteiger partial charge on any atom is 0.182 e. The molecule has 0 saturated heterocycles. The summed E-state index contributed by atoms with van der Waals surface area (Å²) in [6.45, 7) is 1.98. The van der Waals surface area contributed by atoms with Gasteiger partial charge in [-0.2, -0.15) is 5.26 Å². The van der Waals surface area contributed by atoms with Crippen LogP contribution in [0.4, 0.5) is 0 Å². The lowest BCUT2D eigenvalue weighted by Crippen LogP contribution is -1.86. The minimum atomic E-state index is 0.646. The summed E-state index contributed by atoms with van der Waals surface area (Å²) in [5, 5.41) is 9.50. The topological polar surface area (TPSA) is 42.2 Å². The van der Waals surface area contributed by atoms with Crippen LogP contribution in [0.15, 0.2) is 36.6 Å². The zero-order chi connectivity index (χ0) is 13.7. The number of hydrogen-bond acceptors (Lipinski definition) is 4. The SMILES string of the molecule is COC=Cc1ccc(Oc2ccc(C#N)s2)c(C)c1. The second-order valence-electron chi connectivity index (χ2n) is 3.90. The maximum absolute atomic E-state index is 8.78. The Bertz CT molecular complexity index is 638. The average Bonchev–Trinajstić information content (AvgIpc) is 2.87. The predicted octanol–water partition coefficient (Wildman–Crippen LogP) is 4.34. The van der Waals surface area contributed by atoms with Crippen molar-refractivity contribution in [1.29, 1.82) is 5.26 Å². The van der Waals surface area contributed by atoms with Crippen molar-refractivity contribution in [1.82, 2.24) is 0 Å². The first-order chi connectivity index (χ1) is 9.22. The molecule has 0 unspecified atom stereocenters. The Kier molecular flexibility index (Phi) is 4.22. The Morgan fingerprint density at radius 3 is 2.74 bits per heavy atom. The first kappa shape index (κ1) is 13.2. The number of hydrogen-bond donors (Lipinski definition) is 0. The van der Waals surface area contributed by atoms with E-state index in [1.54, 1.807) is 25.5 Å². The Morgan fingerprint density at radius 1 is 1.26 bits per heavy atom. The largest absolute Gasteiger partial charge is 0.504 e. The average molecular weight is 271 g/mol. The fraction of sp³-hybridized carbons (Fsp3) is 0.133. The molecule has 1 aromatic heterocycles. The molecule has 2 aromatic rings. The Labute approximate surface area is 116 Å². The van der Waals surface area contributed by atoms with Crippen LogP contribution in [0, 0.1) is 18.3 Å². The van der Waals surface area contributed by atoms with E-state index < -0.39 is 0 Å². The lowest BCUT2D eigenvalue weighted by molar-refractivity contribution is 0.341. The van der Waals surface area contributed by atoms with Crippen molar-refractivity contribution >= 4 is 17.4 Å². The van der Waals surface area contributed by atoms with Crippen LogP contribution in [0.2, 0.25) is 0 Å². The summed E-state index contributed by atoms with van der Waals surface area (Å²) in [7, 11) is 1.62. The zero-order valence-electron chi connectivity index (χ0n) is 10.7. The van der Waals surface area contributed by atoms with Gasteiger partial charge in [0.2, 0.25) is 0 Å². The third-order valence-corrected chi connectivity index (χ3v) is 3.37. The number of methoxy groups -OCH3 is 1. The van der Waals surface area contributed by atoms with E-state index in [0.717, 1.165) is 21.9 Å². The van der Waals surface area contributed by atoms with Crippen molar-refractivity contribution in [2.45, 2.75) is 6.92 Å². The molecule has 0 aliphatic heterocycles. The second-order valence-corrected chi connectivity index (χ2v) is 4.94. The number of ether oxygens (including phenoxy) is 2. The molecule has 2 rings (SSSR count). The fourth-order valence-corrected chi connectivity index (χ4v) is 2.25. The van der Waals surface area contributed by atoms with Crippen LogP contribution < -0.4 is 4.74 Å². The van der Waals surface area contributed by atoms with Gasteiger partial charge >= 0.3 is 0 Å². The van der Waals surface area contributed by atoms with Crippen molar-refractivity contribution in [3.05, 3.63) is 52.6 Å². The molecule has 0 spiro atoms. The summed E-state index contributed by atoms with van der Waals surface area (Å²) < 4.78 is 10.6. The predicted molar refractivity (Wildman–Crippen MR) is 76.3 cm³/mol. The first-order valence-electron chi connectivity index (χ1n) is 5.70. The zero-order valence-corrected chi connectivity index (χ0v) is 11.5. The molecule has 19 heavy (non-hydrogen) atoms. The quantitative estimate of drug-likeness (QED) is 0.777. The summed E-state index contributed by atoms with van der Waals surface area (Å²) in [4.78, 5) is 0.646.